The molecule has 4 aromatic rings. The Morgan fingerprint density at radius 3 is 1.60 bits per heavy atom. The molecule has 2 aliphatic heterocycles. The summed E-state index contributed by atoms with van der Waals surface area (Å²) < 4.78 is 51.5. The second kappa shape index (κ2) is 21.9. The van der Waals surface area contributed by atoms with Crippen LogP contribution in [0.1, 0.15) is 33.5 Å². The topological polar surface area (TPSA) is 256 Å². The van der Waals surface area contributed by atoms with E-state index in [0.717, 1.165) is 16.7 Å². The van der Waals surface area contributed by atoms with E-state index in [2.05, 4.69) is 0 Å². The van der Waals surface area contributed by atoms with Crippen LogP contribution in [-0.2, 0) is 57.7 Å². The summed E-state index contributed by atoms with van der Waals surface area (Å²) in [7, 11) is 0. The molecule has 0 radical (unpaired) electrons. The number of hydrogen-bond acceptors (Lipinski definition) is 16. The maximum absolute atomic E-state index is 14.0. The SMILES string of the molecule is NC[C@H]1O[C@H](O[C@H]2[C@H](O)[C@@H](O[C@@H]3O[C@H](COCc4ccccc4)[C@@H](OCc4ccccc4)[C@H](OCc4ccccc4)[C@H]3OC(=O)c3ccccc3)[C@H](N)C[C@@H]2N)[C@H](N)[C@@H](O)[C@@H]1O. The van der Waals surface area contributed by atoms with Crippen LogP contribution in [0.15, 0.2) is 121 Å². The third-order valence-corrected chi connectivity index (χ3v) is 11.4. The van der Waals surface area contributed by atoms with E-state index >= 15 is 0 Å². The predicted molar refractivity (Wildman–Crippen MR) is 224 cm³/mol. The molecular weight excluding hydrogens is 801 g/mol. The lowest BCUT2D eigenvalue weighted by molar-refractivity contribution is -0.341. The predicted octanol–water partition coefficient (Wildman–Crippen LogP) is 1.25. The van der Waals surface area contributed by atoms with Crippen LogP contribution >= 0.6 is 0 Å². The zero-order valence-corrected chi connectivity index (χ0v) is 34.3. The molecule has 62 heavy (non-hydrogen) atoms. The Hall–Kier alpha value is -4.21. The van der Waals surface area contributed by atoms with Crippen molar-refractivity contribution >= 4 is 5.97 Å². The fourth-order valence-corrected chi connectivity index (χ4v) is 8.02. The van der Waals surface area contributed by atoms with E-state index in [0.29, 0.717) is 0 Å². The quantitative estimate of drug-likeness (QED) is 0.0738. The van der Waals surface area contributed by atoms with Gasteiger partial charge >= 0.3 is 5.97 Å². The van der Waals surface area contributed by atoms with Gasteiger partial charge in [0.25, 0.3) is 0 Å². The molecule has 0 spiro atoms. The molecule has 7 rings (SSSR count). The second-order valence-corrected chi connectivity index (χ2v) is 15.9. The summed E-state index contributed by atoms with van der Waals surface area (Å²) in [5, 5.41) is 33.1. The van der Waals surface area contributed by atoms with Crippen LogP contribution in [0.4, 0.5) is 0 Å². The highest BCUT2D eigenvalue weighted by Crippen LogP contribution is 2.35. The van der Waals surface area contributed by atoms with Crippen LogP contribution < -0.4 is 22.9 Å². The first-order valence-corrected chi connectivity index (χ1v) is 20.9. The van der Waals surface area contributed by atoms with Gasteiger partial charge in [0.05, 0.1) is 38.0 Å². The molecule has 1 saturated carbocycles. The maximum Gasteiger partial charge on any atom is 0.338 e. The van der Waals surface area contributed by atoms with E-state index in [1.54, 1.807) is 30.3 Å². The van der Waals surface area contributed by atoms with Gasteiger partial charge in [-0.1, -0.05) is 109 Å². The third kappa shape index (κ3) is 11.3. The number of benzene rings is 4. The molecule has 3 fully saturated rings. The Morgan fingerprint density at radius 2 is 1.05 bits per heavy atom. The molecule has 2 heterocycles. The molecule has 2 saturated heterocycles. The Morgan fingerprint density at radius 1 is 0.565 bits per heavy atom. The Labute approximate surface area is 360 Å². The molecule has 4 aromatic carbocycles. The molecule has 16 nitrogen and oxygen atoms in total. The maximum atomic E-state index is 14.0. The summed E-state index contributed by atoms with van der Waals surface area (Å²) in [6.07, 6.45) is -14.5. The van der Waals surface area contributed by atoms with Gasteiger partial charge in [-0.2, -0.15) is 0 Å². The lowest BCUT2D eigenvalue weighted by Gasteiger charge is -2.49. The summed E-state index contributed by atoms with van der Waals surface area (Å²) >= 11 is 0. The van der Waals surface area contributed by atoms with Gasteiger partial charge in [0.2, 0.25) is 0 Å². The first-order valence-electron chi connectivity index (χ1n) is 20.9. The van der Waals surface area contributed by atoms with Gasteiger partial charge in [0.1, 0.15) is 54.9 Å². The monoisotopic (exact) mass is 858 g/mol. The Balaban J connectivity index is 1.22. The van der Waals surface area contributed by atoms with E-state index in [-0.39, 0.29) is 45.0 Å². The molecule has 1 aliphatic carbocycles. The van der Waals surface area contributed by atoms with Gasteiger partial charge in [-0.05, 0) is 35.2 Å². The molecular formula is C46H58N4O12. The van der Waals surface area contributed by atoms with Crippen molar-refractivity contribution < 1.29 is 58.0 Å². The Kier molecular flexibility index (Phi) is 16.2. The van der Waals surface area contributed by atoms with Gasteiger partial charge in [-0.3, -0.25) is 0 Å². The first-order chi connectivity index (χ1) is 30.1. The number of ether oxygens (including phenoxy) is 8. The van der Waals surface area contributed by atoms with Gasteiger partial charge in [-0.25, -0.2) is 4.79 Å². The van der Waals surface area contributed by atoms with E-state index in [1.807, 2.05) is 91.0 Å². The number of rotatable bonds is 17. The molecule has 334 valence electrons. The minimum atomic E-state index is -1.53. The van der Waals surface area contributed by atoms with Gasteiger partial charge in [0, 0.05) is 18.6 Å². The van der Waals surface area contributed by atoms with E-state index in [4.69, 9.17) is 60.8 Å². The van der Waals surface area contributed by atoms with Crippen molar-refractivity contribution in [1.29, 1.82) is 0 Å². The standard InChI is InChI=1S/C46H58N4O12/c47-22-33-36(51)37(52)35(50)45(58-33)61-39-31(48)21-32(49)40(38(39)53)62-46-43(60-44(54)30-19-11-4-12-20-30)42(57-25-29-17-9-3-10-18-29)41(56-24-28-15-7-2-8-16-28)34(59-46)26-55-23-27-13-5-1-6-14-27/h1-20,31-43,45-46,51-53H,21-26,47-50H2/t31-,32+,33+,34+,35+,36+,37+,38-,39+,40-,41+,42-,43+,45+,46-/m0/s1. The van der Waals surface area contributed by atoms with Crippen molar-refractivity contribution in [3.63, 3.8) is 0 Å². The zero-order valence-electron chi connectivity index (χ0n) is 34.3. The average Bonchev–Trinajstić information content (AvgIpc) is 3.30. The van der Waals surface area contributed by atoms with Crippen LogP contribution in [-0.4, -0.2) is 126 Å². The fraction of sp³-hybridized carbons (Fsp3) is 0.457. The van der Waals surface area contributed by atoms with E-state index in [9.17, 15) is 20.1 Å². The van der Waals surface area contributed by atoms with Crippen LogP contribution in [0.3, 0.4) is 0 Å². The van der Waals surface area contributed by atoms with Crippen molar-refractivity contribution in [1.82, 2.24) is 0 Å². The van der Waals surface area contributed by atoms with Gasteiger partial charge in [0.15, 0.2) is 18.7 Å². The summed E-state index contributed by atoms with van der Waals surface area (Å²) in [6.45, 7) is 0.379. The van der Waals surface area contributed by atoms with Crippen LogP contribution in [0, 0.1) is 0 Å². The normalized spacial score (nSPS) is 33.8. The zero-order chi connectivity index (χ0) is 43.6. The number of nitrogens with two attached hydrogens (primary N) is 4. The average molecular weight is 859 g/mol. The summed E-state index contributed by atoms with van der Waals surface area (Å²) in [4.78, 5) is 14.0. The highest BCUT2D eigenvalue weighted by Gasteiger charge is 2.54. The lowest BCUT2D eigenvalue weighted by Crippen LogP contribution is -2.69. The number of carbonyl (C=O) groups excluding carboxylic acids is 1. The number of aliphatic hydroxyl groups is 3. The molecule has 0 unspecified atom stereocenters. The van der Waals surface area contributed by atoms with E-state index < -0.39 is 97.7 Å². The molecule has 16 heteroatoms. The summed E-state index contributed by atoms with van der Waals surface area (Å²) in [6, 6.07) is 34.3. The molecule has 3 aliphatic rings. The second-order valence-electron chi connectivity index (χ2n) is 15.9. The van der Waals surface area contributed by atoms with Crippen LogP contribution in [0.25, 0.3) is 0 Å². The largest absolute Gasteiger partial charge is 0.450 e. The van der Waals surface area contributed by atoms with Crippen molar-refractivity contribution in [3.8, 4) is 0 Å². The number of hydrogen-bond donors (Lipinski definition) is 7. The molecule has 0 bridgehead atoms. The van der Waals surface area contributed by atoms with Crippen LogP contribution in [0.5, 0.6) is 0 Å². The lowest BCUT2D eigenvalue weighted by atomic mass is 9.84. The highest BCUT2D eigenvalue weighted by molar-refractivity contribution is 5.89. The minimum absolute atomic E-state index is 0.00202. The smallest absolute Gasteiger partial charge is 0.338 e. The van der Waals surface area contributed by atoms with Crippen molar-refractivity contribution in [2.24, 2.45) is 22.9 Å². The van der Waals surface area contributed by atoms with Crippen LogP contribution in [0.2, 0.25) is 0 Å². The molecule has 0 amide bonds. The molecule has 11 N–H and O–H groups in total. The van der Waals surface area contributed by atoms with Crippen molar-refractivity contribution in [2.75, 3.05) is 13.2 Å². The highest BCUT2D eigenvalue weighted by atomic mass is 16.7. The van der Waals surface area contributed by atoms with Crippen molar-refractivity contribution in [3.05, 3.63) is 144 Å². The van der Waals surface area contributed by atoms with E-state index in [1.165, 1.54) is 0 Å². The minimum Gasteiger partial charge on any atom is -0.450 e. The number of carbonyl (C=O) groups is 1. The summed E-state index contributed by atoms with van der Waals surface area (Å²) in [5.74, 6) is -0.683. The number of esters is 1. The third-order valence-electron chi connectivity index (χ3n) is 11.4. The molecule has 15 atom stereocenters. The first kappa shape index (κ1) is 45.8. The Bertz CT molecular complexity index is 1940. The van der Waals surface area contributed by atoms with Gasteiger partial charge in [-0.15, -0.1) is 0 Å². The number of aliphatic hydroxyl groups excluding tert-OH is 3. The summed E-state index contributed by atoms with van der Waals surface area (Å²) in [5.41, 5.74) is 28.2. The fourth-order valence-electron chi connectivity index (χ4n) is 8.02. The van der Waals surface area contributed by atoms with Gasteiger partial charge < -0.3 is 76.1 Å². The van der Waals surface area contributed by atoms with Crippen molar-refractivity contribution in [2.45, 2.75) is 118 Å². The molecule has 0 aromatic heterocycles.